The predicted octanol–water partition coefficient (Wildman–Crippen LogP) is 4.61. The van der Waals surface area contributed by atoms with Crippen LogP contribution in [-0.4, -0.2) is 32.5 Å². The van der Waals surface area contributed by atoms with E-state index in [4.69, 9.17) is 0 Å². The smallest absolute Gasteiger partial charge is 0.316 e. The van der Waals surface area contributed by atoms with E-state index in [0.717, 1.165) is 6.92 Å². The van der Waals surface area contributed by atoms with Crippen molar-refractivity contribution in [2.24, 2.45) is 0 Å². The summed E-state index contributed by atoms with van der Waals surface area (Å²) >= 11 is 0. The Bertz CT molecular complexity index is 152. The van der Waals surface area contributed by atoms with E-state index in [1.807, 2.05) is 0 Å². The van der Waals surface area contributed by atoms with Gasteiger partial charge in [-0.2, -0.15) is 17.6 Å². The summed E-state index contributed by atoms with van der Waals surface area (Å²) in [5.41, 5.74) is 0. The first-order chi connectivity index (χ1) is 7.79. The van der Waals surface area contributed by atoms with Gasteiger partial charge in [0.05, 0.1) is 20.5 Å². The van der Waals surface area contributed by atoms with Crippen LogP contribution in [0.15, 0.2) is 0 Å². The lowest BCUT2D eigenvalue weighted by molar-refractivity contribution is -0.347. The van der Waals surface area contributed by atoms with E-state index in [-0.39, 0.29) is 19.7 Å². The van der Waals surface area contributed by atoms with Gasteiger partial charge in [0.25, 0.3) is 0 Å². The molecule has 0 radical (unpaired) electrons. The van der Waals surface area contributed by atoms with Crippen LogP contribution in [0, 0.1) is 0 Å². The number of hydrogen-bond donors (Lipinski definition) is 0. The van der Waals surface area contributed by atoms with Gasteiger partial charge in [0.15, 0.2) is 0 Å². The molecule has 0 heterocycles. The van der Waals surface area contributed by atoms with Crippen LogP contribution >= 0.6 is 0 Å². The highest BCUT2D eigenvalue weighted by molar-refractivity contribution is 4.74. The zero-order valence-corrected chi connectivity index (χ0v) is 10.5. The normalized spacial score (nSPS) is 10.9. The van der Waals surface area contributed by atoms with Gasteiger partial charge in [-0.15, -0.1) is 0 Å². The number of hydrogen-bond acceptors (Lipinski definition) is 1. The molecule has 7 heteroatoms. The lowest BCUT2D eigenvalue weighted by Crippen LogP contribution is -2.42. The van der Waals surface area contributed by atoms with Gasteiger partial charge < -0.3 is 4.74 Å². The molecule has 0 aromatic rings. The minimum Gasteiger partial charge on any atom is -0.316 e. The highest BCUT2D eigenvalue weighted by Gasteiger charge is 2.56. The monoisotopic (exact) mass is 270 g/mol. The topological polar surface area (TPSA) is 9.23 Å². The second kappa shape index (κ2) is 12.0. The predicted molar refractivity (Wildman–Crippen MR) is 55.1 cm³/mol. The largest absolute Gasteiger partial charge is 0.419 e. The lowest BCUT2D eigenvalue weighted by atomic mass is 10.2. The van der Waals surface area contributed by atoms with Crippen LogP contribution in [0.4, 0.5) is 26.3 Å². The van der Waals surface area contributed by atoms with Crippen molar-refractivity contribution >= 4 is 0 Å². The summed E-state index contributed by atoms with van der Waals surface area (Å²) in [5, 5.41) is 0. The summed E-state index contributed by atoms with van der Waals surface area (Å²) < 4.78 is 73.1. The molecule has 0 aromatic carbocycles. The van der Waals surface area contributed by atoms with Gasteiger partial charge in [0.2, 0.25) is 0 Å². The van der Waals surface area contributed by atoms with Gasteiger partial charge in [0, 0.05) is 6.42 Å². The van der Waals surface area contributed by atoms with E-state index in [0.29, 0.717) is 7.18 Å². The second-order valence-corrected chi connectivity index (χ2v) is 2.69. The highest BCUT2D eigenvalue weighted by Crippen LogP contribution is 2.37. The fourth-order valence-corrected chi connectivity index (χ4v) is 0.542. The summed E-state index contributed by atoms with van der Waals surface area (Å²) in [6, 6.07) is 0. The van der Waals surface area contributed by atoms with Gasteiger partial charge in [-0.1, -0.05) is 13.8 Å². The lowest BCUT2D eigenvalue weighted by Gasteiger charge is -2.24. The molecule has 0 fully saturated rings. The molecule has 0 unspecified atom stereocenters. The second-order valence-electron chi connectivity index (χ2n) is 2.69. The third kappa shape index (κ3) is 10.4. The maximum Gasteiger partial charge on any atom is 0.419 e. The van der Waals surface area contributed by atoms with Crippen molar-refractivity contribution in [3.05, 3.63) is 0 Å². The van der Waals surface area contributed by atoms with Crippen LogP contribution in [0.3, 0.4) is 0 Å². The molecule has 0 aliphatic carbocycles. The maximum absolute atomic E-state index is 12.4. The Labute approximate surface area is 98.1 Å². The molecule has 0 aliphatic rings. The zero-order chi connectivity index (χ0) is 14.5. The van der Waals surface area contributed by atoms with E-state index in [9.17, 15) is 26.3 Å². The summed E-state index contributed by atoms with van der Waals surface area (Å²) in [4.78, 5) is 0. The van der Waals surface area contributed by atoms with Crippen molar-refractivity contribution in [3.63, 3.8) is 0 Å². The van der Waals surface area contributed by atoms with Crippen molar-refractivity contribution in [3.8, 4) is 0 Å². The van der Waals surface area contributed by atoms with E-state index >= 15 is 0 Å². The fraction of sp³-hybridized carbons (Fsp3) is 1.00. The first-order valence-corrected chi connectivity index (χ1v) is 5.12. The Hall–Kier alpha value is -0.460. The standard InChI is InChI=1S/C7H12F4O.C2H5F.CH3F/c1-3-5-12-7(10,11)6(8,9)4-2;1-2-3;1-2/h3-5H2,1-2H3;2H2,1H3;1H3. The van der Waals surface area contributed by atoms with Crippen LogP contribution in [0.1, 0.15) is 33.6 Å². The Morgan fingerprint density at radius 2 is 1.29 bits per heavy atom. The van der Waals surface area contributed by atoms with Crippen LogP contribution in [0.5, 0.6) is 0 Å². The molecule has 0 aliphatic heterocycles. The highest BCUT2D eigenvalue weighted by atomic mass is 19.3. The molecule has 0 bridgehead atoms. The van der Waals surface area contributed by atoms with Gasteiger partial charge in [-0.3, -0.25) is 8.78 Å². The van der Waals surface area contributed by atoms with Crippen LogP contribution in [0.25, 0.3) is 0 Å². The van der Waals surface area contributed by atoms with E-state index in [1.54, 1.807) is 6.92 Å². The minimum atomic E-state index is -4.34. The minimum absolute atomic E-state index is 0.250. The quantitative estimate of drug-likeness (QED) is 0.663. The van der Waals surface area contributed by atoms with Gasteiger partial charge in [-0.05, 0) is 13.3 Å². The van der Waals surface area contributed by atoms with E-state index in [1.165, 1.54) is 6.92 Å². The first kappa shape index (κ1) is 21.8. The Kier molecular flexibility index (Phi) is 15.4. The molecule has 0 N–H and O–H groups in total. The molecule has 0 rings (SSSR count). The van der Waals surface area contributed by atoms with Crippen molar-refractivity contribution in [1.82, 2.24) is 0 Å². The molecule has 17 heavy (non-hydrogen) atoms. The van der Waals surface area contributed by atoms with Crippen molar-refractivity contribution in [1.29, 1.82) is 0 Å². The van der Waals surface area contributed by atoms with Gasteiger partial charge in [-0.25, -0.2) is 0 Å². The van der Waals surface area contributed by atoms with Crippen LogP contribution in [-0.2, 0) is 4.74 Å². The number of alkyl halides is 6. The fourth-order valence-electron chi connectivity index (χ4n) is 0.542. The number of ether oxygens (including phenoxy) is 1. The summed E-state index contributed by atoms with van der Waals surface area (Å²) in [7, 11) is 0.500. The van der Waals surface area contributed by atoms with Crippen molar-refractivity contribution in [2.45, 2.75) is 45.6 Å². The third-order valence-electron chi connectivity index (χ3n) is 1.36. The van der Waals surface area contributed by atoms with Crippen LogP contribution < -0.4 is 0 Å². The number of halogens is 6. The molecule has 0 aromatic heterocycles. The third-order valence-corrected chi connectivity index (χ3v) is 1.36. The van der Waals surface area contributed by atoms with Gasteiger partial charge >= 0.3 is 12.0 Å². The Morgan fingerprint density at radius 1 is 0.941 bits per heavy atom. The zero-order valence-electron chi connectivity index (χ0n) is 10.5. The van der Waals surface area contributed by atoms with Crippen LogP contribution in [0.2, 0.25) is 0 Å². The van der Waals surface area contributed by atoms with E-state index in [2.05, 4.69) is 4.74 Å². The molecule has 0 spiro atoms. The molecule has 108 valence electrons. The SMILES string of the molecule is CCCOC(F)(F)C(F)(F)CC.CCF.CF. The molecule has 0 saturated carbocycles. The summed E-state index contributed by atoms with van der Waals surface area (Å²) in [5.74, 6) is -4.07. The molecule has 1 nitrogen and oxygen atoms in total. The Balaban J connectivity index is -0.000000337. The first-order valence-electron chi connectivity index (χ1n) is 5.12. The maximum atomic E-state index is 12.4. The molecular weight excluding hydrogens is 250 g/mol. The molecular formula is C10H20F6O. The molecule has 0 atom stereocenters. The number of rotatable bonds is 5. The van der Waals surface area contributed by atoms with Gasteiger partial charge in [0.1, 0.15) is 0 Å². The van der Waals surface area contributed by atoms with Crippen molar-refractivity contribution in [2.75, 3.05) is 20.5 Å². The van der Waals surface area contributed by atoms with E-state index < -0.39 is 18.5 Å². The van der Waals surface area contributed by atoms with Crippen molar-refractivity contribution < 1.29 is 31.1 Å². The summed E-state index contributed by atoms with van der Waals surface area (Å²) in [6.07, 6.45) is -4.98. The summed E-state index contributed by atoms with van der Waals surface area (Å²) in [6.45, 7) is 3.41. The molecule has 0 saturated heterocycles. The Morgan fingerprint density at radius 3 is 1.53 bits per heavy atom. The average Bonchev–Trinajstić information content (AvgIpc) is 2.30. The average molecular weight is 270 g/mol. The molecule has 0 amide bonds.